The van der Waals surface area contributed by atoms with Crippen molar-refractivity contribution in [3.8, 4) is 17.8 Å². The average Bonchev–Trinajstić information content (AvgIpc) is 2.52. The number of carbonyl (C=O) groups is 1. The van der Waals surface area contributed by atoms with Crippen molar-refractivity contribution in [2.45, 2.75) is 31.2 Å². The molecule has 0 aliphatic heterocycles. The van der Waals surface area contributed by atoms with Crippen molar-refractivity contribution >= 4 is 17.7 Å². The van der Waals surface area contributed by atoms with Gasteiger partial charge < -0.3 is 14.2 Å². The van der Waals surface area contributed by atoms with E-state index in [1.54, 1.807) is 20.8 Å². The molecule has 0 saturated carbocycles. The molecule has 1 unspecified atom stereocenters. The molecular weight excluding hydrogens is 306 g/mol. The summed E-state index contributed by atoms with van der Waals surface area (Å²) in [6.07, 6.45) is 0. The first kappa shape index (κ1) is 18.0. The van der Waals surface area contributed by atoms with Crippen LogP contribution in [0.3, 0.4) is 0 Å². The molecule has 0 N–H and O–H groups in total. The lowest BCUT2D eigenvalue weighted by Gasteiger charge is -2.24. The highest BCUT2D eigenvalue weighted by molar-refractivity contribution is 8.00. The van der Waals surface area contributed by atoms with Crippen LogP contribution in [0.1, 0.15) is 20.8 Å². The van der Waals surface area contributed by atoms with Gasteiger partial charge in [0.1, 0.15) is 5.25 Å². The number of hydrogen-bond donors (Lipinski definition) is 0. The summed E-state index contributed by atoms with van der Waals surface area (Å²) >= 11 is 1.05. The summed E-state index contributed by atoms with van der Waals surface area (Å²) in [6, 6.07) is 3.65. The van der Waals surface area contributed by atoms with Crippen LogP contribution in [0.2, 0.25) is 0 Å². The van der Waals surface area contributed by atoms with E-state index >= 15 is 0 Å². The molecule has 8 heteroatoms. The SMILES string of the molecule is CCOC(=O)C(Sc1nc(OC)cc(OC)n1)C(C)(C)C#N. The standard InChI is InChI=1S/C14H19N3O4S/c1-6-21-12(18)11(14(2,3)8-15)22-13-16-9(19-4)7-10(17-13)20-5/h7,11H,6H2,1-5H3. The van der Waals surface area contributed by atoms with Crippen molar-refractivity contribution in [3.05, 3.63) is 6.07 Å². The molecule has 1 atom stereocenters. The molecule has 0 aliphatic carbocycles. The van der Waals surface area contributed by atoms with Crippen LogP contribution in [0.4, 0.5) is 0 Å². The lowest BCUT2D eigenvalue weighted by molar-refractivity contribution is -0.143. The summed E-state index contributed by atoms with van der Waals surface area (Å²) in [5, 5.41) is 8.81. The van der Waals surface area contributed by atoms with E-state index in [0.717, 1.165) is 11.8 Å². The molecule has 0 fully saturated rings. The Balaban J connectivity index is 3.14. The van der Waals surface area contributed by atoms with Gasteiger partial charge in [-0.15, -0.1) is 0 Å². The van der Waals surface area contributed by atoms with E-state index in [1.165, 1.54) is 20.3 Å². The molecule has 1 aromatic rings. The van der Waals surface area contributed by atoms with Crippen LogP contribution >= 0.6 is 11.8 Å². The Bertz CT molecular complexity index is 549. The molecule has 7 nitrogen and oxygen atoms in total. The van der Waals surface area contributed by atoms with E-state index in [4.69, 9.17) is 14.2 Å². The fraction of sp³-hybridized carbons (Fsp3) is 0.571. The highest BCUT2D eigenvalue weighted by Gasteiger charge is 2.38. The van der Waals surface area contributed by atoms with Crippen molar-refractivity contribution < 1.29 is 19.0 Å². The van der Waals surface area contributed by atoms with E-state index < -0.39 is 16.6 Å². The van der Waals surface area contributed by atoms with E-state index in [1.807, 2.05) is 0 Å². The summed E-state index contributed by atoms with van der Waals surface area (Å²) in [4.78, 5) is 20.5. The third-order valence-electron chi connectivity index (χ3n) is 2.74. The quantitative estimate of drug-likeness (QED) is 0.427. The van der Waals surface area contributed by atoms with E-state index in [9.17, 15) is 10.1 Å². The number of nitrogens with zero attached hydrogens (tertiary/aromatic N) is 3. The second kappa shape index (κ2) is 7.84. The van der Waals surface area contributed by atoms with Crippen molar-refractivity contribution in [3.63, 3.8) is 0 Å². The van der Waals surface area contributed by atoms with Gasteiger partial charge in [0.25, 0.3) is 0 Å². The summed E-state index contributed by atoms with van der Waals surface area (Å²) in [7, 11) is 2.94. The fourth-order valence-electron chi connectivity index (χ4n) is 1.52. The molecule has 1 rings (SSSR count). The zero-order valence-corrected chi connectivity index (χ0v) is 14.1. The van der Waals surface area contributed by atoms with Crippen molar-refractivity contribution in [1.29, 1.82) is 5.26 Å². The highest BCUT2D eigenvalue weighted by atomic mass is 32.2. The number of carbonyl (C=O) groups excluding carboxylic acids is 1. The number of thioether (sulfide) groups is 1. The minimum absolute atomic E-state index is 0.236. The topological polar surface area (TPSA) is 94.3 Å². The number of hydrogen-bond acceptors (Lipinski definition) is 8. The predicted octanol–water partition coefficient (Wildman–Crippen LogP) is 2.07. The summed E-state index contributed by atoms with van der Waals surface area (Å²) < 4.78 is 15.2. The van der Waals surface area contributed by atoms with Crippen LogP contribution < -0.4 is 9.47 Å². The third kappa shape index (κ3) is 4.49. The van der Waals surface area contributed by atoms with E-state index in [-0.39, 0.29) is 11.8 Å². The van der Waals surface area contributed by atoms with Crippen molar-refractivity contribution in [1.82, 2.24) is 9.97 Å². The lowest BCUT2D eigenvalue weighted by atomic mass is 9.91. The van der Waals surface area contributed by atoms with Crippen LogP contribution in [-0.2, 0) is 9.53 Å². The number of aromatic nitrogens is 2. The molecule has 0 spiro atoms. The zero-order chi connectivity index (χ0) is 16.8. The average molecular weight is 325 g/mol. The first-order valence-corrected chi connectivity index (χ1v) is 7.47. The third-order valence-corrected chi connectivity index (χ3v) is 4.16. The number of rotatable bonds is 7. The first-order chi connectivity index (χ1) is 10.4. The predicted molar refractivity (Wildman–Crippen MR) is 80.8 cm³/mol. The Morgan fingerprint density at radius 2 is 1.91 bits per heavy atom. The second-order valence-corrected chi connectivity index (χ2v) is 5.89. The maximum atomic E-state index is 12.1. The molecule has 0 bridgehead atoms. The van der Waals surface area contributed by atoms with Gasteiger partial charge >= 0.3 is 5.97 Å². The van der Waals surface area contributed by atoms with Gasteiger partial charge in [0.2, 0.25) is 11.8 Å². The van der Waals surface area contributed by atoms with Crippen LogP contribution in [0.15, 0.2) is 11.2 Å². The smallest absolute Gasteiger partial charge is 0.321 e. The maximum absolute atomic E-state index is 12.1. The lowest BCUT2D eigenvalue weighted by Crippen LogP contribution is -2.34. The largest absolute Gasteiger partial charge is 0.481 e. The number of ether oxygens (including phenoxy) is 3. The molecule has 0 radical (unpaired) electrons. The molecule has 0 saturated heterocycles. The second-order valence-electron chi connectivity index (χ2n) is 4.82. The Hall–Kier alpha value is -2.01. The Kier molecular flexibility index (Phi) is 6.43. The van der Waals surface area contributed by atoms with Gasteiger partial charge in [-0.05, 0) is 20.8 Å². The summed E-state index contributed by atoms with van der Waals surface area (Å²) in [6.45, 7) is 5.28. The molecule has 22 heavy (non-hydrogen) atoms. The van der Waals surface area contributed by atoms with Crippen molar-refractivity contribution in [2.75, 3.05) is 20.8 Å². The molecule has 1 heterocycles. The summed E-state index contributed by atoms with van der Waals surface area (Å²) in [5.41, 5.74) is -0.948. The van der Waals surface area contributed by atoms with Crippen LogP contribution in [0.25, 0.3) is 0 Å². The Morgan fingerprint density at radius 1 is 1.36 bits per heavy atom. The van der Waals surface area contributed by atoms with Gasteiger partial charge in [-0.25, -0.2) is 0 Å². The number of methoxy groups -OCH3 is 2. The fourth-order valence-corrected chi connectivity index (χ4v) is 2.53. The molecule has 0 amide bonds. The van der Waals surface area contributed by atoms with Gasteiger partial charge in [0.15, 0.2) is 5.16 Å². The van der Waals surface area contributed by atoms with Crippen molar-refractivity contribution in [2.24, 2.45) is 5.41 Å². The Morgan fingerprint density at radius 3 is 2.32 bits per heavy atom. The zero-order valence-electron chi connectivity index (χ0n) is 13.2. The minimum Gasteiger partial charge on any atom is -0.481 e. The molecule has 0 aliphatic rings. The number of esters is 1. The number of nitriles is 1. The van der Waals surface area contributed by atoms with Gasteiger partial charge in [0.05, 0.1) is 38.4 Å². The van der Waals surface area contributed by atoms with Gasteiger partial charge in [0, 0.05) is 0 Å². The van der Waals surface area contributed by atoms with Crippen LogP contribution in [0, 0.1) is 16.7 Å². The summed E-state index contributed by atoms with van der Waals surface area (Å²) in [5.74, 6) is 0.142. The minimum atomic E-state index is -0.948. The van der Waals surface area contributed by atoms with Crippen LogP contribution in [0.5, 0.6) is 11.8 Å². The van der Waals surface area contributed by atoms with E-state index in [2.05, 4.69) is 16.0 Å². The molecule has 1 aromatic heterocycles. The maximum Gasteiger partial charge on any atom is 0.321 e. The molecule has 0 aromatic carbocycles. The van der Waals surface area contributed by atoms with Gasteiger partial charge in [-0.2, -0.15) is 15.2 Å². The first-order valence-electron chi connectivity index (χ1n) is 6.59. The molecular formula is C14H19N3O4S. The van der Waals surface area contributed by atoms with Gasteiger partial charge in [-0.1, -0.05) is 11.8 Å². The monoisotopic (exact) mass is 325 g/mol. The highest BCUT2D eigenvalue weighted by Crippen LogP contribution is 2.36. The van der Waals surface area contributed by atoms with E-state index in [0.29, 0.717) is 11.8 Å². The normalized spacial score (nSPS) is 12.2. The Labute approximate surface area is 134 Å². The van der Waals surface area contributed by atoms with Crippen LogP contribution in [-0.4, -0.2) is 42.0 Å². The van der Waals surface area contributed by atoms with Gasteiger partial charge in [-0.3, -0.25) is 4.79 Å². The molecule has 120 valence electrons.